The molecule has 1 heterocycles. The lowest BCUT2D eigenvalue weighted by Crippen LogP contribution is -2.25. The van der Waals surface area contributed by atoms with Crippen molar-refractivity contribution in [3.63, 3.8) is 0 Å². The van der Waals surface area contributed by atoms with Crippen LogP contribution in [0, 0.1) is 5.82 Å². The Morgan fingerprint density at radius 1 is 1.24 bits per heavy atom. The highest BCUT2D eigenvalue weighted by atomic mass is 79.9. The first kappa shape index (κ1) is 14.4. The number of carbonyl (C=O) groups is 1. The van der Waals surface area contributed by atoms with Crippen LogP contribution in [-0.2, 0) is 19.4 Å². The molecule has 0 amide bonds. The molecule has 1 aliphatic rings. The zero-order chi connectivity index (χ0) is 14.8. The van der Waals surface area contributed by atoms with Crippen LogP contribution in [-0.4, -0.2) is 12.3 Å². The maximum absolute atomic E-state index is 13.5. The van der Waals surface area contributed by atoms with E-state index in [1.807, 2.05) is 12.1 Å². The summed E-state index contributed by atoms with van der Waals surface area (Å²) in [6.07, 6.45) is 1.07. The monoisotopic (exact) mass is 347 g/mol. The van der Waals surface area contributed by atoms with E-state index in [0.717, 1.165) is 30.6 Å². The molecular weight excluding hydrogens is 333 g/mol. The maximum Gasteiger partial charge on any atom is 0.167 e. The van der Waals surface area contributed by atoms with Gasteiger partial charge in [0.15, 0.2) is 5.78 Å². The van der Waals surface area contributed by atoms with Gasteiger partial charge < -0.3 is 5.32 Å². The molecule has 0 spiro atoms. The summed E-state index contributed by atoms with van der Waals surface area (Å²) in [5.41, 5.74) is 3.77. The fourth-order valence-electron chi connectivity index (χ4n) is 2.75. The Morgan fingerprint density at radius 2 is 2.05 bits per heavy atom. The molecule has 0 fully saturated rings. The SMILES string of the molecule is O=C(Cc1cccc(F)c1Br)c1cccc2c1CCNC2. The molecule has 108 valence electrons. The number of nitrogens with one attached hydrogen (secondary N) is 1. The fraction of sp³-hybridized carbons (Fsp3) is 0.235. The van der Waals surface area contributed by atoms with E-state index < -0.39 is 0 Å². The number of Topliss-reactive ketones (excluding diaryl/α,β-unsaturated/α-hetero) is 1. The lowest BCUT2D eigenvalue weighted by Gasteiger charge is -2.19. The fourth-order valence-corrected chi connectivity index (χ4v) is 3.15. The molecule has 3 rings (SSSR count). The van der Waals surface area contributed by atoms with Crippen LogP contribution in [0.2, 0.25) is 0 Å². The van der Waals surface area contributed by atoms with Gasteiger partial charge in [0, 0.05) is 18.5 Å². The molecule has 0 saturated carbocycles. The zero-order valence-corrected chi connectivity index (χ0v) is 13.0. The third-order valence-electron chi connectivity index (χ3n) is 3.82. The number of carbonyl (C=O) groups excluding carboxylic acids is 1. The van der Waals surface area contributed by atoms with E-state index in [-0.39, 0.29) is 18.0 Å². The number of hydrogen-bond donors (Lipinski definition) is 1. The highest BCUT2D eigenvalue weighted by Crippen LogP contribution is 2.24. The first-order valence-electron chi connectivity index (χ1n) is 6.94. The summed E-state index contributed by atoms with van der Waals surface area (Å²) in [5, 5.41) is 3.30. The van der Waals surface area contributed by atoms with E-state index in [1.165, 1.54) is 11.6 Å². The Bertz CT molecular complexity index is 699. The van der Waals surface area contributed by atoms with Crippen molar-refractivity contribution < 1.29 is 9.18 Å². The number of rotatable bonds is 3. The quantitative estimate of drug-likeness (QED) is 0.858. The molecule has 0 aliphatic carbocycles. The van der Waals surface area contributed by atoms with Gasteiger partial charge in [-0.05, 0) is 51.7 Å². The van der Waals surface area contributed by atoms with Crippen LogP contribution in [0.5, 0.6) is 0 Å². The van der Waals surface area contributed by atoms with E-state index in [1.54, 1.807) is 12.1 Å². The summed E-state index contributed by atoms with van der Waals surface area (Å²) in [7, 11) is 0. The van der Waals surface area contributed by atoms with Gasteiger partial charge in [-0.15, -0.1) is 0 Å². The van der Waals surface area contributed by atoms with Gasteiger partial charge >= 0.3 is 0 Å². The van der Waals surface area contributed by atoms with Crippen LogP contribution in [0.1, 0.15) is 27.0 Å². The van der Waals surface area contributed by atoms with E-state index >= 15 is 0 Å². The molecule has 4 heteroatoms. The molecular formula is C17H15BrFNO. The number of hydrogen-bond acceptors (Lipinski definition) is 2. The lowest BCUT2D eigenvalue weighted by molar-refractivity contribution is 0.0991. The Labute approximate surface area is 131 Å². The van der Waals surface area contributed by atoms with Crippen LogP contribution in [0.25, 0.3) is 0 Å². The van der Waals surface area contributed by atoms with Crippen molar-refractivity contribution in [2.75, 3.05) is 6.54 Å². The van der Waals surface area contributed by atoms with Gasteiger partial charge in [0.2, 0.25) is 0 Å². The average Bonchev–Trinajstić information content (AvgIpc) is 2.51. The third-order valence-corrected chi connectivity index (χ3v) is 4.71. The molecule has 0 bridgehead atoms. The Morgan fingerprint density at radius 3 is 2.90 bits per heavy atom. The van der Waals surface area contributed by atoms with E-state index in [4.69, 9.17) is 0 Å². The first-order valence-corrected chi connectivity index (χ1v) is 7.73. The number of fused-ring (bicyclic) bond motifs is 1. The van der Waals surface area contributed by atoms with Crippen molar-refractivity contribution in [1.29, 1.82) is 0 Å². The van der Waals surface area contributed by atoms with Crippen LogP contribution < -0.4 is 5.32 Å². The van der Waals surface area contributed by atoms with Crippen molar-refractivity contribution in [2.24, 2.45) is 0 Å². The summed E-state index contributed by atoms with van der Waals surface area (Å²) in [5.74, 6) is -0.292. The van der Waals surface area contributed by atoms with Crippen molar-refractivity contribution in [3.8, 4) is 0 Å². The first-order chi connectivity index (χ1) is 10.2. The molecule has 0 radical (unpaired) electrons. The highest BCUT2D eigenvalue weighted by Gasteiger charge is 2.18. The smallest absolute Gasteiger partial charge is 0.167 e. The lowest BCUT2D eigenvalue weighted by atomic mass is 9.91. The normalized spacial score (nSPS) is 13.8. The molecule has 0 saturated heterocycles. The van der Waals surface area contributed by atoms with Crippen molar-refractivity contribution in [3.05, 3.63) is 68.9 Å². The summed E-state index contributed by atoms with van der Waals surface area (Å²) < 4.78 is 13.9. The Balaban J connectivity index is 1.91. The van der Waals surface area contributed by atoms with Gasteiger partial charge in [0.1, 0.15) is 5.82 Å². The van der Waals surface area contributed by atoms with Gasteiger partial charge in [-0.1, -0.05) is 30.3 Å². The van der Waals surface area contributed by atoms with E-state index in [2.05, 4.69) is 27.3 Å². The molecule has 0 aromatic heterocycles. The summed E-state index contributed by atoms with van der Waals surface area (Å²) in [6.45, 7) is 1.70. The van der Waals surface area contributed by atoms with Crippen LogP contribution >= 0.6 is 15.9 Å². The third kappa shape index (κ3) is 2.92. The number of halogens is 2. The van der Waals surface area contributed by atoms with Crippen molar-refractivity contribution in [2.45, 2.75) is 19.4 Å². The second-order valence-corrected chi connectivity index (χ2v) is 5.98. The van der Waals surface area contributed by atoms with Crippen LogP contribution in [0.4, 0.5) is 4.39 Å². The van der Waals surface area contributed by atoms with Gasteiger partial charge in [-0.3, -0.25) is 4.79 Å². The van der Waals surface area contributed by atoms with E-state index in [9.17, 15) is 9.18 Å². The van der Waals surface area contributed by atoms with Gasteiger partial charge in [0.05, 0.1) is 4.47 Å². The second kappa shape index (κ2) is 6.08. The zero-order valence-electron chi connectivity index (χ0n) is 11.5. The predicted octanol–water partition coefficient (Wildman–Crippen LogP) is 3.66. The molecule has 21 heavy (non-hydrogen) atoms. The van der Waals surface area contributed by atoms with Crippen molar-refractivity contribution in [1.82, 2.24) is 5.32 Å². The molecule has 2 nitrogen and oxygen atoms in total. The van der Waals surface area contributed by atoms with Gasteiger partial charge in [-0.2, -0.15) is 0 Å². The molecule has 0 unspecified atom stereocenters. The number of benzene rings is 2. The highest BCUT2D eigenvalue weighted by molar-refractivity contribution is 9.10. The van der Waals surface area contributed by atoms with Crippen molar-refractivity contribution >= 4 is 21.7 Å². The minimum atomic E-state index is -0.334. The maximum atomic E-state index is 13.5. The predicted molar refractivity (Wildman–Crippen MR) is 84.0 cm³/mol. The Kier molecular flexibility index (Phi) is 4.17. The Hall–Kier alpha value is -1.52. The minimum absolute atomic E-state index is 0.0417. The van der Waals surface area contributed by atoms with Crippen LogP contribution in [0.15, 0.2) is 40.9 Å². The summed E-state index contributed by atoms with van der Waals surface area (Å²) >= 11 is 3.22. The molecule has 1 N–H and O–H groups in total. The molecule has 0 atom stereocenters. The largest absolute Gasteiger partial charge is 0.312 e. The van der Waals surface area contributed by atoms with Crippen LogP contribution in [0.3, 0.4) is 0 Å². The number of ketones is 1. The summed E-state index contributed by atoms with van der Waals surface area (Å²) in [4.78, 5) is 12.6. The average molecular weight is 348 g/mol. The molecule has 1 aliphatic heterocycles. The summed E-state index contributed by atoms with van der Waals surface area (Å²) in [6, 6.07) is 10.6. The standard InChI is InChI=1S/C17H15BrFNO/c18-17-11(3-2-6-15(17)19)9-16(21)14-5-1-4-12-10-20-8-7-13(12)14/h1-6,20H,7-10H2. The minimum Gasteiger partial charge on any atom is -0.312 e. The van der Waals surface area contributed by atoms with Gasteiger partial charge in [0.25, 0.3) is 0 Å². The second-order valence-electron chi connectivity index (χ2n) is 5.18. The van der Waals surface area contributed by atoms with E-state index in [0.29, 0.717) is 10.0 Å². The molecule has 2 aromatic rings. The van der Waals surface area contributed by atoms with Gasteiger partial charge in [-0.25, -0.2) is 4.39 Å². The molecule has 2 aromatic carbocycles. The topological polar surface area (TPSA) is 29.1 Å².